The van der Waals surface area contributed by atoms with E-state index in [1.807, 2.05) is 19.1 Å². The second-order valence-electron chi connectivity index (χ2n) is 4.54. The van der Waals surface area contributed by atoms with Crippen LogP contribution in [-0.2, 0) is 4.74 Å². The van der Waals surface area contributed by atoms with Crippen molar-refractivity contribution in [2.75, 3.05) is 12.4 Å². The maximum Gasteiger partial charge on any atom is 0.341 e. The number of methoxy groups -OCH3 is 1. The number of ether oxygens (including phenoxy) is 1. The standard InChI is InChI=1S/C16H15NO4/c1-10-3-5-11(6-4-10)15(19)17-12-7-8-14(18)13(9-12)16(20)21-2/h3-9,18H,1-2H3,(H,17,19). The Morgan fingerprint density at radius 2 is 1.76 bits per heavy atom. The zero-order valence-electron chi connectivity index (χ0n) is 11.7. The van der Waals surface area contributed by atoms with Crippen molar-refractivity contribution < 1.29 is 19.4 Å². The molecule has 0 spiro atoms. The third kappa shape index (κ3) is 3.39. The number of hydrogen-bond donors (Lipinski definition) is 2. The van der Waals surface area contributed by atoms with Crippen LogP contribution in [0.2, 0.25) is 0 Å². The number of phenols is 1. The second kappa shape index (κ2) is 6.09. The summed E-state index contributed by atoms with van der Waals surface area (Å²) in [5.74, 6) is -1.16. The lowest BCUT2D eigenvalue weighted by atomic mass is 10.1. The van der Waals surface area contributed by atoms with Crippen LogP contribution in [0.3, 0.4) is 0 Å². The smallest absolute Gasteiger partial charge is 0.341 e. The van der Waals surface area contributed by atoms with Crippen molar-refractivity contribution in [1.29, 1.82) is 0 Å². The van der Waals surface area contributed by atoms with E-state index in [-0.39, 0.29) is 17.2 Å². The average Bonchev–Trinajstić information content (AvgIpc) is 2.49. The summed E-state index contributed by atoms with van der Waals surface area (Å²) in [4.78, 5) is 23.6. The van der Waals surface area contributed by atoms with E-state index >= 15 is 0 Å². The lowest BCUT2D eigenvalue weighted by Gasteiger charge is -2.08. The highest BCUT2D eigenvalue weighted by atomic mass is 16.5. The number of anilines is 1. The molecule has 0 aliphatic carbocycles. The van der Waals surface area contributed by atoms with Crippen molar-refractivity contribution in [3.63, 3.8) is 0 Å². The van der Waals surface area contributed by atoms with Gasteiger partial charge in [0, 0.05) is 11.3 Å². The largest absolute Gasteiger partial charge is 0.507 e. The van der Waals surface area contributed by atoms with E-state index in [9.17, 15) is 14.7 Å². The van der Waals surface area contributed by atoms with E-state index in [0.717, 1.165) is 5.56 Å². The zero-order valence-corrected chi connectivity index (χ0v) is 11.7. The summed E-state index contributed by atoms with van der Waals surface area (Å²) < 4.78 is 4.56. The molecule has 5 nitrogen and oxygen atoms in total. The number of carbonyl (C=O) groups is 2. The average molecular weight is 285 g/mol. The van der Waals surface area contributed by atoms with Crippen LogP contribution < -0.4 is 5.32 Å². The van der Waals surface area contributed by atoms with Gasteiger partial charge in [-0.3, -0.25) is 4.79 Å². The molecule has 5 heteroatoms. The summed E-state index contributed by atoms with van der Waals surface area (Å²) >= 11 is 0. The highest BCUT2D eigenvalue weighted by molar-refractivity contribution is 6.05. The Hall–Kier alpha value is -2.82. The molecule has 1 amide bonds. The van der Waals surface area contributed by atoms with Gasteiger partial charge in [-0.1, -0.05) is 17.7 Å². The molecule has 0 aliphatic rings. The Balaban J connectivity index is 2.21. The summed E-state index contributed by atoms with van der Waals surface area (Å²) in [5, 5.41) is 12.3. The molecule has 0 radical (unpaired) electrons. The van der Waals surface area contributed by atoms with Gasteiger partial charge in [-0.25, -0.2) is 4.79 Å². The summed E-state index contributed by atoms with van der Waals surface area (Å²) in [6, 6.07) is 11.3. The van der Waals surface area contributed by atoms with Crippen LogP contribution in [0.15, 0.2) is 42.5 Å². The van der Waals surface area contributed by atoms with Gasteiger partial charge in [-0.15, -0.1) is 0 Å². The van der Waals surface area contributed by atoms with Crippen molar-refractivity contribution in [1.82, 2.24) is 0 Å². The molecule has 0 aromatic heterocycles. The predicted molar refractivity (Wildman–Crippen MR) is 78.6 cm³/mol. The van der Waals surface area contributed by atoms with Crippen LogP contribution in [0, 0.1) is 6.92 Å². The summed E-state index contributed by atoms with van der Waals surface area (Å²) in [7, 11) is 1.22. The van der Waals surface area contributed by atoms with Crippen molar-refractivity contribution >= 4 is 17.6 Å². The Morgan fingerprint density at radius 3 is 2.38 bits per heavy atom. The van der Waals surface area contributed by atoms with E-state index in [4.69, 9.17) is 0 Å². The molecule has 0 heterocycles. The molecule has 0 atom stereocenters. The Morgan fingerprint density at radius 1 is 1.10 bits per heavy atom. The van der Waals surface area contributed by atoms with Gasteiger partial charge in [0.05, 0.1) is 7.11 Å². The number of esters is 1. The van der Waals surface area contributed by atoms with E-state index in [0.29, 0.717) is 11.3 Å². The first-order chi connectivity index (χ1) is 10.0. The van der Waals surface area contributed by atoms with Gasteiger partial charge in [-0.2, -0.15) is 0 Å². The van der Waals surface area contributed by atoms with Gasteiger partial charge in [0.1, 0.15) is 11.3 Å². The van der Waals surface area contributed by atoms with Crippen LogP contribution in [0.1, 0.15) is 26.3 Å². The lowest BCUT2D eigenvalue weighted by Crippen LogP contribution is -2.12. The maximum atomic E-state index is 12.1. The van der Waals surface area contributed by atoms with Crippen LogP contribution in [-0.4, -0.2) is 24.1 Å². The molecule has 2 N–H and O–H groups in total. The summed E-state index contributed by atoms with van der Waals surface area (Å²) in [6.45, 7) is 1.93. The van der Waals surface area contributed by atoms with Gasteiger partial charge in [0.2, 0.25) is 0 Å². The minimum absolute atomic E-state index is 0.000735. The maximum absolute atomic E-state index is 12.1. The first-order valence-electron chi connectivity index (χ1n) is 6.30. The fourth-order valence-corrected chi connectivity index (χ4v) is 1.80. The molecule has 108 valence electrons. The normalized spacial score (nSPS) is 10.0. The van der Waals surface area contributed by atoms with Crippen LogP contribution >= 0.6 is 0 Å². The van der Waals surface area contributed by atoms with E-state index in [1.165, 1.54) is 25.3 Å². The number of rotatable bonds is 3. The van der Waals surface area contributed by atoms with Gasteiger partial charge >= 0.3 is 5.97 Å². The number of hydrogen-bond acceptors (Lipinski definition) is 4. The molecular formula is C16H15NO4. The highest BCUT2D eigenvalue weighted by Crippen LogP contribution is 2.22. The number of carbonyl (C=O) groups excluding carboxylic acids is 2. The molecule has 0 fully saturated rings. The molecule has 0 unspecified atom stereocenters. The number of aryl methyl sites for hydroxylation is 1. The first kappa shape index (κ1) is 14.6. The van der Waals surface area contributed by atoms with Crippen molar-refractivity contribution in [3.05, 3.63) is 59.2 Å². The minimum Gasteiger partial charge on any atom is -0.507 e. The Bertz CT molecular complexity index is 677. The fraction of sp³-hybridized carbons (Fsp3) is 0.125. The SMILES string of the molecule is COC(=O)c1cc(NC(=O)c2ccc(C)cc2)ccc1O. The van der Waals surface area contributed by atoms with E-state index in [1.54, 1.807) is 12.1 Å². The van der Waals surface area contributed by atoms with Crippen LogP contribution in [0.25, 0.3) is 0 Å². The summed E-state index contributed by atoms with van der Waals surface area (Å²) in [5.41, 5.74) is 1.97. The molecule has 2 aromatic rings. The fourth-order valence-electron chi connectivity index (χ4n) is 1.80. The van der Waals surface area contributed by atoms with Crippen LogP contribution in [0.5, 0.6) is 5.75 Å². The molecule has 2 rings (SSSR count). The predicted octanol–water partition coefficient (Wildman–Crippen LogP) is 2.74. The van der Waals surface area contributed by atoms with Crippen LogP contribution in [0.4, 0.5) is 5.69 Å². The number of nitrogens with one attached hydrogen (secondary N) is 1. The number of phenolic OH excluding ortho intramolecular Hbond substituents is 1. The third-order valence-corrected chi connectivity index (χ3v) is 2.97. The highest BCUT2D eigenvalue weighted by Gasteiger charge is 2.13. The minimum atomic E-state index is -0.668. The molecule has 21 heavy (non-hydrogen) atoms. The molecule has 0 bridgehead atoms. The number of aromatic hydroxyl groups is 1. The molecular weight excluding hydrogens is 270 g/mol. The number of benzene rings is 2. The quantitative estimate of drug-likeness (QED) is 0.671. The van der Waals surface area contributed by atoms with Gasteiger partial charge in [0.25, 0.3) is 5.91 Å². The molecule has 0 saturated heterocycles. The molecule has 0 aliphatic heterocycles. The zero-order chi connectivity index (χ0) is 15.4. The molecule has 2 aromatic carbocycles. The van der Waals surface area contributed by atoms with Crippen molar-refractivity contribution in [2.45, 2.75) is 6.92 Å². The van der Waals surface area contributed by atoms with Gasteiger partial charge < -0.3 is 15.2 Å². The van der Waals surface area contributed by atoms with Gasteiger partial charge in [0.15, 0.2) is 0 Å². The van der Waals surface area contributed by atoms with Crippen molar-refractivity contribution in [3.8, 4) is 5.75 Å². The number of amides is 1. The second-order valence-corrected chi connectivity index (χ2v) is 4.54. The third-order valence-electron chi connectivity index (χ3n) is 2.97. The van der Waals surface area contributed by atoms with E-state index < -0.39 is 5.97 Å². The van der Waals surface area contributed by atoms with Gasteiger partial charge in [-0.05, 0) is 37.3 Å². The topological polar surface area (TPSA) is 75.6 Å². The Labute approximate surface area is 122 Å². The van der Waals surface area contributed by atoms with E-state index in [2.05, 4.69) is 10.1 Å². The molecule has 0 saturated carbocycles. The first-order valence-corrected chi connectivity index (χ1v) is 6.30. The lowest BCUT2D eigenvalue weighted by molar-refractivity contribution is 0.0597. The van der Waals surface area contributed by atoms with Crippen molar-refractivity contribution in [2.24, 2.45) is 0 Å². The monoisotopic (exact) mass is 285 g/mol. The summed E-state index contributed by atoms with van der Waals surface area (Å²) in [6.07, 6.45) is 0. The Kier molecular flexibility index (Phi) is 4.23.